The summed E-state index contributed by atoms with van der Waals surface area (Å²) in [6, 6.07) is 3.60. The van der Waals surface area contributed by atoms with Gasteiger partial charge in [-0.2, -0.15) is 4.98 Å². The number of rotatable bonds is 1. The summed E-state index contributed by atoms with van der Waals surface area (Å²) in [6.45, 7) is 0. The lowest BCUT2D eigenvalue weighted by Gasteiger charge is -2.06. The van der Waals surface area contributed by atoms with Crippen LogP contribution in [0, 0.1) is 0 Å². The van der Waals surface area contributed by atoms with Gasteiger partial charge in [-0.3, -0.25) is 4.98 Å². The van der Waals surface area contributed by atoms with Crippen molar-refractivity contribution in [3.63, 3.8) is 0 Å². The van der Waals surface area contributed by atoms with E-state index in [2.05, 4.69) is 15.0 Å². The summed E-state index contributed by atoms with van der Waals surface area (Å²) < 4.78 is 0. The molecule has 76 valence electrons. The molecule has 0 radical (unpaired) electrons. The minimum atomic E-state index is 0.0603. The molecule has 15 heavy (non-hydrogen) atoms. The largest absolute Gasteiger partial charge is 0.383 e. The topological polar surface area (TPSA) is 90.7 Å². The fourth-order valence-corrected chi connectivity index (χ4v) is 1.54. The van der Waals surface area contributed by atoms with Crippen LogP contribution in [0.4, 0.5) is 11.8 Å². The van der Waals surface area contributed by atoms with Crippen LogP contribution in [-0.4, -0.2) is 15.0 Å². The average molecular weight is 222 g/mol. The molecule has 2 heterocycles. The summed E-state index contributed by atoms with van der Waals surface area (Å²) in [6.07, 6.45) is 3.29. The van der Waals surface area contributed by atoms with Crippen molar-refractivity contribution < 1.29 is 0 Å². The van der Waals surface area contributed by atoms with E-state index in [-0.39, 0.29) is 16.9 Å². The van der Waals surface area contributed by atoms with Crippen molar-refractivity contribution in [2.45, 2.75) is 0 Å². The highest BCUT2D eigenvalue weighted by Gasteiger charge is 2.11. The zero-order chi connectivity index (χ0) is 10.8. The number of nitrogens with zero attached hydrogens (tertiary/aromatic N) is 3. The highest BCUT2D eigenvalue weighted by atomic mass is 35.5. The van der Waals surface area contributed by atoms with Crippen molar-refractivity contribution in [2.24, 2.45) is 0 Å². The number of nitrogens with two attached hydrogens (primary N) is 2. The van der Waals surface area contributed by atoms with E-state index in [1.807, 2.05) is 6.07 Å². The molecule has 0 aliphatic carbocycles. The molecule has 0 aliphatic heterocycles. The van der Waals surface area contributed by atoms with Crippen LogP contribution in [0.3, 0.4) is 0 Å². The van der Waals surface area contributed by atoms with Gasteiger partial charge in [0.05, 0.1) is 5.56 Å². The predicted molar refractivity (Wildman–Crippen MR) is 59.1 cm³/mol. The van der Waals surface area contributed by atoms with Gasteiger partial charge in [-0.15, -0.1) is 0 Å². The first-order valence-corrected chi connectivity index (χ1v) is 4.55. The minimum absolute atomic E-state index is 0.0603. The standard InChI is InChI=1S/C9H8ClN5/c10-7-6(5-2-1-3-13-4-5)8(11)15-9(12)14-7/h1-4H,(H4,11,12,14,15). The van der Waals surface area contributed by atoms with E-state index < -0.39 is 0 Å². The Hall–Kier alpha value is -1.88. The third-order valence-electron chi connectivity index (χ3n) is 1.86. The van der Waals surface area contributed by atoms with Crippen LogP contribution in [0.2, 0.25) is 5.15 Å². The molecule has 0 unspecified atom stereocenters. The van der Waals surface area contributed by atoms with Crippen molar-refractivity contribution in [1.29, 1.82) is 0 Å². The van der Waals surface area contributed by atoms with Gasteiger partial charge in [-0.05, 0) is 6.07 Å². The number of anilines is 2. The highest BCUT2D eigenvalue weighted by molar-refractivity contribution is 6.32. The van der Waals surface area contributed by atoms with Crippen LogP contribution >= 0.6 is 11.6 Å². The second-order valence-electron chi connectivity index (χ2n) is 2.87. The first kappa shape index (κ1) is 9.67. The molecule has 6 heteroatoms. The Balaban J connectivity index is 2.64. The first-order valence-electron chi connectivity index (χ1n) is 4.17. The lowest BCUT2D eigenvalue weighted by Crippen LogP contribution is -2.02. The van der Waals surface area contributed by atoms with Gasteiger partial charge in [-0.25, -0.2) is 4.98 Å². The SMILES string of the molecule is Nc1nc(N)c(-c2cccnc2)c(Cl)n1. The second kappa shape index (κ2) is 3.70. The van der Waals surface area contributed by atoms with Crippen LogP contribution in [0.25, 0.3) is 11.1 Å². The smallest absolute Gasteiger partial charge is 0.223 e. The van der Waals surface area contributed by atoms with E-state index in [0.29, 0.717) is 5.56 Å². The van der Waals surface area contributed by atoms with Crippen molar-refractivity contribution >= 4 is 23.4 Å². The van der Waals surface area contributed by atoms with Gasteiger partial charge >= 0.3 is 0 Å². The fourth-order valence-electron chi connectivity index (χ4n) is 1.24. The molecule has 0 spiro atoms. The number of hydrogen-bond acceptors (Lipinski definition) is 5. The maximum Gasteiger partial charge on any atom is 0.223 e. The Morgan fingerprint density at radius 2 is 2.00 bits per heavy atom. The van der Waals surface area contributed by atoms with Crippen molar-refractivity contribution in [3.05, 3.63) is 29.7 Å². The van der Waals surface area contributed by atoms with Gasteiger partial charge in [-0.1, -0.05) is 17.7 Å². The molecule has 2 aromatic rings. The van der Waals surface area contributed by atoms with Gasteiger partial charge in [0.25, 0.3) is 0 Å². The molecule has 2 aromatic heterocycles. The molecular weight excluding hydrogens is 214 g/mol. The first-order chi connectivity index (χ1) is 7.18. The van der Waals surface area contributed by atoms with Crippen molar-refractivity contribution in [3.8, 4) is 11.1 Å². The molecule has 0 aromatic carbocycles. The predicted octanol–water partition coefficient (Wildman–Crippen LogP) is 1.36. The molecule has 2 rings (SSSR count). The molecule has 0 fully saturated rings. The van der Waals surface area contributed by atoms with Crippen LogP contribution in [0.15, 0.2) is 24.5 Å². The van der Waals surface area contributed by atoms with Crippen LogP contribution in [0.1, 0.15) is 0 Å². The van der Waals surface area contributed by atoms with Crippen LogP contribution in [-0.2, 0) is 0 Å². The maximum atomic E-state index is 5.93. The molecular formula is C9H8ClN5. The molecule has 0 atom stereocenters. The van der Waals surface area contributed by atoms with Gasteiger partial charge in [0.15, 0.2) is 0 Å². The zero-order valence-electron chi connectivity index (χ0n) is 7.68. The number of pyridine rings is 1. The summed E-state index contributed by atoms with van der Waals surface area (Å²) >= 11 is 5.93. The highest BCUT2D eigenvalue weighted by Crippen LogP contribution is 2.30. The summed E-state index contributed by atoms with van der Waals surface area (Å²) in [5.41, 5.74) is 12.4. The zero-order valence-corrected chi connectivity index (χ0v) is 8.44. The third kappa shape index (κ3) is 1.82. The Kier molecular flexibility index (Phi) is 2.39. The van der Waals surface area contributed by atoms with E-state index in [1.54, 1.807) is 18.5 Å². The van der Waals surface area contributed by atoms with Gasteiger partial charge < -0.3 is 11.5 Å². The van der Waals surface area contributed by atoms with Crippen molar-refractivity contribution in [1.82, 2.24) is 15.0 Å². The Labute approximate surface area is 91.1 Å². The monoisotopic (exact) mass is 221 g/mol. The molecule has 0 bridgehead atoms. The summed E-state index contributed by atoms with van der Waals surface area (Å²) in [5.74, 6) is 0.311. The van der Waals surface area contributed by atoms with Crippen LogP contribution in [0.5, 0.6) is 0 Å². The molecule has 0 saturated carbocycles. The van der Waals surface area contributed by atoms with Gasteiger partial charge in [0.1, 0.15) is 11.0 Å². The number of hydrogen-bond donors (Lipinski definition) is 2. The van der Waals surface area contributed by atoms with Crippen molar-refractivity contribution in [2.75, 3.05) is 11.5 Å². The molecule has 0 amide bonds. The molecule has 4 N–H and O–H groups in total. The molecule has 0 saturated heterocycles. The van der Waals surface area contributed by atoms with Crippen LogP contribution < -0.4 is 11.5 Å². The van der Waals surface area contributed by atoms with Gasteiger partial charge in [0.2, 0.25) is 5.95 Å². The maximum absolute atomic E-state index is 5.93. The van der Waals surface area contributed by atoms with E-state index in [0.717, 1.165) is 5.56 Å². The van der Waals surface area contributed by atoms with E-state index in [4.69, 9.17) is 23.1 Å². The fraction of sp³-hybridized carbons (Fsp3) is 0. The van der Waals surface area contributed by atoms with E-state index in [9.17, 15) is 0 Å². The second-order valence-corrected chi connectivity index (χ2v) is 3.23. The lowest BCUT2D eigenvalue weighted by molar-refractivity contribution is 1.19. The van der Waals surface area contributed by atoms with E-state index >= 15 is 0 Å². The Bertz CT molecular complexity index is 462. The minimum Gasteiger partial charge on any atom is -0.383 e. The quantitative estimate of drug-likeness (QED) is 0.710. The number of nitrogen functional groups attached to an aromatic ring is 2. The summed E-state index contributed by atoms with van der Waals surface area (Å²) in [4.78, 5) is 11.6. The third-order valence-corrected chi connectivity index (χ3v) is 2.13. The lowest BCUT2D eigenvalue weighted by atomic mass is 10.1. The van der Waals surface area contributed by atoms with E-state index in [1.165, 1.54) is 0 Å². The molecule has 0 aliphatic rings. The Morgan fingerprint density at radius 3 is 2.60 bits per heavy atom. The summed E-state index contributed by atoms with van der Waals surface area (Å²) in [7, 11) is 0. The Morgan fingerprint density at radius 1 is 1.20 bits per heavy atom. The average Bonchev–Trinajstić information content (AvgIpc) is 2.17. The summed E-state index contributed by atoms with van der Waals surface area (Å²) in [5, 5.41) is 0.230. The normalized spacial score (nSPS) is 10.2. The number of aromatic nitrogens is 3. The number of halogens is 1. The molecule has 5 nitrogen and oxygen atoms in total. The van der Waals surface area contributed by atoms with Gasteiger partial charge in [0, 0.05) is 18.0 Å².